The average Bonchev–Trinajstić information content (AvgIpc) is 3.64. The summed E-state index contributed by atoms with van der Waals surface area (Å²) < 4.78 is 30.6. The molecule has 14 heteroatoms. The number of methoxy groups -OCH3 is 1. The summed E-state index contributed by atoms with van der Waals surface area (Å²) in [5.41, 5.74) is 1.72. The van der Waals surface area contributed by atoms with Gasteiger partial charge in [-0.3, -0.25) is 14.4 Å². The van der Waals surface area contributed by atoms with Crippen LogP contribution in [0.2, 0.25) is 0 Å². The monoisotopic (exact) mass is 665 g/mol. The number of hydrogen-bond acceptors (Lipinski definition) is 8. The number of benzene rings is 2. The third-order valence-corrected chi connectivity index (χ3v) is 8.19. The van der Waals surface area contributed by atoms with E-state index < -0.39 is 65.4 Å². The number of ether oxygens (including phenoxy) is 3. The van der Waals surface area contributed by atoms with E-state index in [1.807, 2.05) is 0 Å². The summed E-state index contributed by atoms with van der Waals surface area (Å²) in [5, 5.41) is 8.73. The van der Waals surface area contributed by atoms with Crippen LogP contribution in [-0.2, 0) is 52.8 Å². The van der Waals surface area contributed by atoms with Gasteiger partial charge in [0.1, 0.15) is 30.1 Å². The molecule has 4 bridgehead atoms. The van der Waals surface area contributed by atoms with Crippen LogP contribution in [0.3, 0.4) is 0 Å². The van der Waals surface area contributed by atoms with Gasteiger partial charge in [-0.25, -0.2) is 14.0 Å². The lowest BCUT2D eigenvalue weighted by molar-refractivity contribution is -0.157. The second-order valence-electron chi connectivity index (χ2n) is 12.9. The van der Waals surface area contributed by atoms with Crippen LogP contribution in [0.25, 0.3) is 10.9 Å². The number of fused-ring (bicyclic) bond motifs is 5. The number of carbonyl (C=O) groups is 5. The number of hydrogen-bond donors (Lipinski definition) is 4. The first-order chi connectivity index (χ1) is 22.8. The Morgan fingerprint density at radius 2 is 1.88 bits per heavy atom. The molecule has 1 aromatic heterocycles. The first kappa shape index (κ1) is 34.4. The summed E-state index contributed by atoms with van der Waals surface area (Å²) in [6.07, 6.45) is 0.0961. The summed E-state index contributed by atoms with van der Waals surface area (Å²) in [5.74, 6) is -2.96. The topological polar surface area (TPSA) is 168 Å². The lowest BCUT2D eigenvalue weighted by Crippen LogP contribution is -2.58. The predicted octanol–water partition coefficient (Wildman–Crippen LogP) is 2.26. The highest BCUT2D eigenvalue weighted by Crippen LogP contribution is 2.26. The van der Waals surface area contributed by atoms with Gasteiger partial charge in [0, 0.05) is 43.0 Å². The number of alkyl carbamates (subject to hydrolysis) is 1. The first-order valence-electron chi connectivity index (χ1n) is 15.7. The van der Waals surface area contributed by atoms with Crippen molar-refractivity contribution in [2.24, 2.45) is 0 Å². The molecule has 1 fully saturated rings. The van der Waals surface area contributed by atoms with Gasteiger partial charge in [-0.1, -0.05) is 24.3 Å². The van der Waals surface area contributed by atoms with Crippen LogP contribution >= 0.6 is 0 Å². The van der Waals surface area contributed by atoms with E-state index in [-0.39, 0.29) is 39.0 Å². The van der Waals surface area contributed by atoms with Crippen LogP contribution in [0, 0.1) is 5.82 Å². The van der Waals surface area contributed by atoms with Gasteiger partial charge in [0.15, 0.2) is 6.04 Å². The molecule has 48 heavy (non-hydrogen) atoms. The van der Waals surface area contributed by atoms with E-state index in [4.69, 9.17) is 14.2 Å². The Kier molecular flexibility index (Phi) is 10.3. The Balaban J connectivity index is 1.55. The maximum Gasteiger partial charge on any atom is 0.408 e. The van der Waals surface area contributed by atoms with Crippen molar-refractivity contribution in [3.63, 3.8) is 0 Å². The molecule has 2 aromatic carbocycles. The number of halogens is 1. The molecular weight excluding hydrogens is 625 g/mol. The highest BCUT2D eigenvalue weighted by atomic mass is 19.1. The summed E-state index contributed by atoms with van der Waals surface area (Å²) in [4.78, 5) is 71.5. The minimum atomic E-state index is -1.26. The fourth-order valence-electron chi connectivity index (χ4n) is 5.99. The summed E-state index contributed by atoms with van der Waals surface area (Å²) in [6, 6.07) is 7.67. The number of rotatable bonds is 4. The van der Waals surface area contributed by atoms with Crippen molar-refractivity contribution < 1.29 is 42.6 Å². The molecule has 0 unspecified atom stereocenters. The third kappa shape index (κ3) is 8.29. The maximum atomic E-state index is 14.4. The number of aromatic nitrogens is 1. The SMILES string of the molecule is COC(=O)[C@@H]1[C@@H]2CCN1C(=O)[C@H](Cc1c[nH]c3ccc(F)cc13)NC(=O)[C@@H](NC(=O)OC(C)(C)C)Cc1cccc(c1)CNC(=O)CO2. The zero-order chi connectivity index (χ0) is 34.6. The molecule has 3 aromatic rings. The van der Waals surface area contributed by atoms with Gasteiger partial charge in [0.2, 0.25) is 17.7 Å². The van der Waals surface area contributed by atoms with E-state index in [0.717, 1.165) is 5.56 Å². The standard InChI is InChI=1S/C34H40FN5O8/c1-34(2,3)48-33(45)39-25-13-19-6-5-7-20(12-19)16-37-28(41)18-47-27-10-11-40(29(27)32(44)46-4)31(43)26(38-30(25)42)14-21-17-36-24-9-8-22(35)15-23(21)24/h5-9,12,15,17,25-27,29,36H,10-11,13-14,16,18H2,1-4H3,(H,37,41)(H,38,42)(H,39,45)/t25-,26-,27-,29-/m0/s1. The molecule has 4 N–H and O–H groups in total. The third-order valence-electron chi connectivity index (χ3n) is 8.19. The highest BCUT2D eigenvalue weighted by molar-refractivity contribution is 5.94. The zero-order valence-electron chi connectivity index (χ0n) is 27.3. The Hall–Kier alpha value is -4.98. The second kappa shape index (κ2) is 14.4. The van der Waals surface area contributed by atoms with E-state index in [0.29, 0.717) is 22.0 Å². The summed E-state index contributed by atoms with van der Waals surface area (Å²) in [6.45, 7) is 4.95. The number of carbonyl (C=O) groups excluding carboxylic acids is 5. The number of amides is 4. The van der Waals surface area contributed by atoms with Crippen LogP contribution in [0.1, 0.15) is 43.9 Å². The number of H-pyrrole nitrogens is 1. The van der Waals surface area contributed by atoms with Gasteiger partial charge in [-0.2, -0.15) is 0 Å². The molecule has 3 heterocycles. The lowest BCUT2D eigenvalue weighted by atomic mass is 10.0. The van der Waals surface area contributed by atoms with Crippen molar-refractivity contribution in [3.8, 4) is 0 Å². The van der Waals surface area contributed by atoms with E-state index in [9.17, 15) is 28.4 Å². The number of esters is 1. The van der Waals surface area contributed by atoms with Gasteiger partial charge in [0.25, 0.3) is 0 Å². The molecule has 2 aliphatic heterocycles. The molecule has 4 atom stereocenters. The van der Waals surface area contributed by atoms with Crippen LogP contribution in [0.5, 0.6) is 0 Å². The smallest absolute Gasteiger partial charge is 0.408 e. The van der Waals surface area contributed by atoms with E-state index in [2.05, 4.69) is 20.9 Å². The highest BCUT2D eigenvalue weighted by Gasteiger charge is 2.46. The minimum absolute atomic E-state index is 0.0196. The van der Waals surface area contributed by atoms with Crippen LogP contribution in [-0.4, -0.2) is 89.8 Å². The molecular formula is C34H40FN5O8. The zero-order valence-corrected chi connectivity index (χ0v) is 27.3. The molecule has 2 aliphatic rings. The largest absolute Gasteiger partial charge is 0.467 e. The van der Waals surface area contributed by atoms with E-state index in [1.165, 1.54) is 24.1 Å². The Bertz CT molecular complexity index is 1700. The van der Waals surface area contributed by atoms with Gasteiger partial charge in [0.05, 0.1) is 13.2 Å². The van der Waals surface area contributed by atoms with Gasteiger partial charge in [-0.05, 0) is 62.1 Å². The normalized spacial score (nSPS) is 22.4. The van der Waals surface area contributed by atoms with Crippen LogP contribution in [0.4, 0.5) is 9.18 Å². The fourth-order valence-corrected chi connectivity index (χ4v) is 5.99. The molecule has 0 aliphatic carbocycles. The van der Waals surface area contributed by atoms with E-state index >= 15 is 0 Å². The van der Waals surface area contributed by atoms with Gasteiger partial charge >= 0.3 is 12.1 Å². The average molecular weight is 666 g/mol. The molecule has 0 saturated carbocycles. The fraction of sp³-hybridized carbons (Fsp3) is 0.441. The molecule has 5 rings (SSSR count). The minimum Gasteiger partial charge on any atom is -0.467 e. The maximum absolute atomic E-state index is 14.4. The molecule has 4 amide bonds. The van der Waals surface area contributed by atoms with Crippen molar-refractivity contribution in [3.05, 3.63) is 71.2 Å². The number of nitrogens with zero attached hydrogens (tertiary/aromatic N) is 1. The molecule has 13 nitrogen and oxygen atoms in total. The van der Waals surface area contributed by atoms with Crippen molar-refractivity contribution in [1.82, 2.24) is 25.8 Å². The van der Waals surface area contributed by atoms with Crippen LogP contribution in [0.15, 0.2) is 48.7 Å². The molecule has 256 valence electrons. The van der Waals surface area contributed by atoms with Crippen molar-refractivity contribution in [1.29, 1.82) is 0 Å². The summed E-state index contributed by atoms with van der Waals surface area (Å²) >= 11 is 0. The Morgan fingerprint density at radius 1 is 1.10 bits per heavy atom. The Morgan fingerprint density at radius 3 is 2.62 bits per heavy atom. The molecule has 0 spiro atoms. The van der Waals surface area contributed by atoms with Gasteiger partial charge in [-0.15, -0.1) is 0 Å². The first-order valence-corrected chi connectivity index (χ1v) is 15.7. The number of nitrogens with one attached hydrogen (secondary N) is 4. The van der Waals surface area contributed by atoms with Gasteiger partial charge < -0.3 is 40.0 Å². The van der Waals surface area contributed by atoms with Crippen molar-refractivity contribution in [2.75, 3.05) is 20.3 Å². The quantitative estimate of drug-likeness (QED) is 0.308. The lowest BCUT2D eigenvalue weighted by Gasteiger charge is -2.30. The van der Waals surface area contributed by atoms with Crippen molar-refractivity contribution >= 4 is 40.7 Å². The second-order valence-corrected chi connectivity index (χ2v) is 12.9. The summed E-state index contributed by atoms with van der Waals surface area (Å²) in [7, 11) is 1.18. The Labute approximate surface area is 276 Å². The van der Waals surface area contributed by atoms with E-state index in [1.54, 1.807) is 57.3 Å². The number of aromatic amines is 1. The predicted molar refractivity (Wildman–Crippen MR) is 171 cm³/mol. The van der Waals surface area contributed by atoms with Crippen molar-refractivity contribution in [2.45, 2.75) is 76.4 Å². The molecule has 0 radical (unpaired) electrons. The van der Waals surface area contributed by atoms with Crippen LogP contribution < -0.4 is 16.0 Å². The molecule has 1 saturated heterocycles.